The van der Waals surface area contributed by atoms with E-state index in [1.54, 1.807) is 16.7 Å². The number of fused-ring (bicyclic) bond motifs is 10. The molecule has 296 valence electrons. The normalized spacial score (nSPS) is 22.3. The fourth-order valence-electron chi connectivity index (χ4n) is 13.6. The number of aryl methyl sites for hydroxylation is 1. The molecule has 2 aromatic heterocycles. The van der Waals surface area contributed by atoms with E-state index >= 15 is 0 Å². The van der Waals surface area contributed by atoms with Crippen LogP contribution in [0.5, 0.6) is 0 Å². The first-order valence-electron chi connectivity index (χ1n) is 22.6. The standard InChI is InChI=1S/C59H45N2S/c1-62-52-18-10-8-16-47(52)54-53-46-15-7-9-17-49(46)59(43-30-35-29-36(32-43)33-44(59)31-35)50(53)34-48(58(54)62)40-23-19-37(20-24-40)38-21-25-42(26-22-38)56-55(41-12-3-2-4-13-41)60-51-28-27-39-11-5-6-14-45(39)57(51)61-56/h2-28,34-36,43-44H,29-33H2,1H3/q+1. The molecule has 8 aromatic carbocycles. The van der Waals surface area contributed by atoms with Crippen molar-refractivity contribution in [3.63, 3.8) is 0 Å². The fraction of sp³-hybridized carbons (Fsp3) is 0.186. The molecular weight excluding hydrogens is 769 g/mol. The summed E-state index contributed by atoms with van der Waals surface area (Å²) < 4.78 is 3.04. The van der Waals surface area contributed by atoms with Crippen molar-refractivity contribution in [1.82, 2.24) is 9.97 Å². The summed E-state index contributed by atoms with van der Waals surface area (Å²) in [5, 5.41) is 5.28. The Bertz CT molecular complexity index is 3440. The number of aromatic nitrogens is 2. The summed E-state index contributed by atoms with van der Waals surface area (Å²) in [5.41, 5.74) is 17.5. The number of rotatable bonds is 4. The van der Waals surface area contributed by atoms with Gasteiger partial charge in [0.15, 0.2) is 9.40 Å². The van der Waals surface area contributed by atoms with Crippen molar-refractivity contribution in [2.75, 3.05) is 0 Å². The van der Waals surface area contributed by atoms with Crippen LogP contribution in [0.25, 0.3) is 97.9 Å². The molecule has 4 saturated carbocycles. The van der Waals surface area contributed by atoms with Crippen molar-refractivity contribution in [2.24, 2.45) is 29.9 Å². The van der Waals surface area contributed by atoms with Crippen LogP contribution >= 0.6 is 10.5 Å². The van der Waals surface area contributed by atoms with E-state index in [2.05, 4.69) is 176 Å². The molecule has 2 heterocycles. The van der Waals surface area contributed by atoms with Gasteiger partial charge in [0.25, 0.3) is 0 Å². The number of hydrogen-bond donors (Lipinski definition) is 0. The molecule has 3 heteroatoms. The number of benzene rings is 8. The Morgan fingerprint density at radius 1 is 0.484 bits per heavy atom. The second-order valence-electron chi connectivity index (χ2n) is 18.9. The van der Waals surface area contributed by atoms with Gasteiger partial charge in [-0.05, 0) is 135 Å². The summed E-state index contributed by atoms with van der Waals surface area (Å²) in [6.07, 6.45) is 9.53. The van der Waals surface area contributed by atoms with Crippen molar-refractivity contribution in [2.45, 2.75) is 37.5 Å². The van der Waals surface area contributed by atoms with E-state index in [1.165, 1.54) is 85.5 Å². The average Bonchev–Trinajstić information content (AvgIpc) is 3.79. The van der Waals surface area contributed by atoms with E-state index in [-0.39, 0.29) is 15.9 Å². The van der Waals surface area contributed by atoms with E-state index in [9.17, 15) is 0 Å². The minimum absolute atomic E-state index is 0.0307. The first-order valence-corrected chi connectivity index (χ1v) is 24.3. The minimum atomic E-state index is -0.0307. The van der Waals surface area contributed by atoms with Gasteiger partial charge in [0.05, 0.1) is 27.8 Å². The fourth-order valence-corrected chi connectivity index (χ4v) is 15.6. The van der Waals surface area contributed by atoms with E-state index in [1.807, 2.05) is 0 Å². The zero-order chi connectivity index (χ0) is 40.7. The SMILES string of the molecule is C[s+]1c2ccccc2c2c3c(cc(-c4ccc(-c5ccc(-c6nc7c(ccc8ccccc87)nc6-c6ccccc6)cc5)cc4)c21)C1(c2ccccc2-3)C2CC3CC(C2)CC1C3. The zero-order valence-electron chi connectivity index (χ0n) is 34.8. The Kier molecular flexibility index (Phi) is 7.41. The van der Waals surface area contributed by atoms with E-state index < -0.39 is 0 Å². The van der Waals surface area contributed by atoms with Crippen LogP contribution < -0.4 is 0 Å². The smallest absolute Gasteiger partial charge is 0.189 e. The summed E-state index contributed by atoms with van der Waals surface area (Å²) in [6.45, 7) is 0. The molecule has 1 atom stereocenters. The average molecular weight is 814 g/mol. The molecule has 5 aliphatic rings. The predicted molar refractivity (Wildman–Crippen MR) is 261 cm³/mol. The molecule has 0 N–H and O–H groups in total. The van der Waals surface area contributed by atoms with Crippen LogP contribution in [-0.2, 0) is 11.7 Å². The number of nitrogens with zero attached hydrogens (tertiary/aromatic N) is 2. The van der Waals surface area contributed by atoms with Crippen molar-refractivity contribution in [3.05, 3.63) is 181 Å². The first-order chi connectivity index (χ1) is 30.6. The maximum Gasteiger partial charge on any atom is 0.189 e. The largest absolute Gasteiger partial charge is 0.244 e. The van der Waals surface area contributed by atoms with Gasteiger partial charge in [-0.1, -0.05) is 146 Å². The third-order valence-electron chi connectivity index (χ3n) is 15.9. The Hall–Kier alpha value is -6.42. The molecule has 1 spiro atoms. The Morgan fingerprint density at radius 3 is 1.84 bits per heavy atom. The lowest BCUT2D eigenvalue weighted by Crippen LogP contribution is -2.55. The number of hydrogen-bond acceptors (Lipinski definition) is 2. The van der Waals surface area contributed by atoms with E-state index in [0.717, 1.165) is 62.6 Å². The lowest BCUT2D eigenvalue weighted by atomic mass is 9.43. The van der Waals surface area contributed by atoms with Gasteiger partial charge in [-0.25, -0.2) is 9.97 Å². The van der Waals surface area contributed by atoms with Crippen LogP contribution in [0.4, 0.5) is 0 Å². The second-order valence-corrected chi connectivity index (χ2v) is 20.7. The summed E-state index contributed by atoms with van der Waals surface area (Å²) in [5.74, 6) is 3.31. The highest BCUT2D eigenvalue weighted by Crippen LogP contribution is 2.71. The van der Waals surface area contributed by atoms with Crippen molar-refractivity contribution in [1.29, 1.82) is 0 Å². The van der Waals surface area contributed by atoms with Gasteiger partial charge in [-0.3, -0.25) is 0 Å². The minimum Gasteiger partial charge on any atom is -0.244 e. The molecule has 62 heavy (non-hydrogen) atoms. The summed E-state index contributed by atoms with van der Waals surface area (Å²) in [4.78, 5) is 10.6. The first kappa shape index (κ1) is 35.2. The molecule has 0 saturated heterocycles. The van der Waals surface area contributed by atoms with Crippen LogP contribution in [0.15, 0.2) is 170 Å². The molecule has 4 bridgehead atoms. The van der Waals surface area contributed by atoms with E-state index in [4.69, 9.17) is 9.97 Å². The molecule has 10 aromatic rings. The van der Waals surface area contributed by atoms with Crippen LogP contribution in [0.1, 0.15) is 43.2 Å². The topological polar surface area (TPSA) is 25.8 Å². The lowest BCUT2D eigenvalue weighted by molar-refractivity contribution is -0.0399. The van der Waals surface area contributed by atoms with Crippen molar-refractivity contribution < 1.29 is 0 Å². The van der Waals surface area contributed by atoms with Gasteiger partial charge in [0, 0.05) is 32.9 Å². The summed E-state index contributed by atoms with van der Waals surface area (Å²) in [6, 6.07) is 63.4. The Morgan fingerprint density at radius 2 is 1.08 bits per heavy atom. The molecule has 0 amide bonds. The third kappa shape index (κ3) is 4.81. The Labute approximate surface area is 364 Å². The van der Waals surface area contributed by atoms with E-state index in [0.29, 0.717) is 0 Å². The summed E-state index contributed by atoms with van der Waals surface area (Å²) in [7, 11) is -0.0307. The number of thiophene rings is 1. The highest BCUT2D eigenvalue weighted by atomic mass is 32.2. The monoisotopic (exact) mass is 813 g/mol. The Balaban J connectivity index is 0.903. The molecule has 0 radical (unpaired) electrons. The second kappa shape index (κ2) is 13.0. The van der Waals surface area contributed by atoms with Crippen molar-refractivity contribution >= 4 is 52.4 Å². The molecule has 1 unspecified atom stereocenters. The van der Waals surface area contributed by atoms with Gasteiger partial charge < -0.3 is 0 Å². The molecular formula is C59H45N2S+. The third-order valence-corrected chi connectivity index (χ3v) is 17.9. The van der Waals surface area contributed by atoms with Gasteiger partial charge in [-0.2, -0.15) is 0 Å². The lowest BCUT2D eigenvalue weighted by Gasteiger charge is -2.61. The van der Waals surface area contributed by atoms with Gasteiger partial charge in [-0.15, -0.1) is 0 Å². The highest BCUT2D eigenvalue weighted by molar-refractivity contribution is 7.42. The molecule has 15 rings (SSSR count). The zero-order valence-corrected chi connectivity index (χ0v) is 35.6. The van der Waals surface area contributed by atoms with Crippen LogP contribution in [0, 0.1) is 23.7 Å². The predicted octanol–water partition coefficient (Wildman–Crippen LogP) is 15.8. The summed E-state index contributed by atoms with van der Waals surface area (Å²) >= 11 is 0. The van der Waals surface area contributed by atoms with Crippen LogP contribution in [-0.4, -0.2) is 9.97 Å². The molecule has 4 fully saturated rings. The molecule has 2 nitrogen and oxygen atoms in total. The maximum atomic E-state index is 5.38. The van der Waals surface area contributed by atoms with Gasteiger partial charge >= 0.3 is 0 Å². The van der Waals surface area contributed by atoms with Crippen LogP contribution in [0.3, 0.4) is 0 Å². The van der Waals surface area contributed by atoms with Crippen molar-refractivity contribution in [3.8, 4) is 55.9 Å². The van der Waals surface area contributed by atoms with Gasteiger partial charge in [0.2, 0.25) is 0 Å². The quantitative estimate of drug-likeness (QED) is 0.131. The molecule has 0 aliphatic heterocycles. The highest BCUT2D eigenvalue weighted by Gasteiger charge is 2.62. The van der Waals surface area contributed by atoms with Gasteiger partial charge in [0.1, 0.15) is 6.26 Å². The van der Waals surface area contributed by atoms with Crippen LogP contribution in [0.2, 0.25) is 0 Å². The molecule has 5 aliphatic carbocycles. The maximum absolute atomic E-state index is 5.38.